The van der Waals surface area contributed by atoms with Crippen molar-refractivity contribution in [1.29, 1.82) is 0 Å². The highest BCUT2D eigenvalue weighted by atomic mass is 79.9. The molecule has 2 aromatic rings. The van der Waals surface area contributed by atoms with Gasteiger partial charge in [0.2, 0.25) is 5.91 Å². The van der Waals surface area contributed by atoms with Crippen LogP contribution in [0.3, 0.4) is 0 Å². The average molecular weight is 415 g/mol. The molecule has 3 nitrogen and oxygen atoms in total. The number of carbonyl (C=O) groups excluding carboxylic acids is 1. The van der Waals surface area contributed by atoms with Crippen LogP contribution >= 0.6 is 15.9 Å². The highest BCUT2D eigenvalue weighted by molar-refractivity contribution is 9.10. The predicted octanol–water partition coefficient (Wildman–Crippen LogP) is 4.29. The number of hydrogen-bond donors (Lipinski definition) is 0. The Labute approximate surface area is 165 Å². The number of rotatable bonds is 6. The normalized spacial score (nSPS) is 15.2. The van der Waals surface area contributed by atoms with Crippen molar-refractivity contribution in [2.24, 2.45) is 0 Å². The van der Waals surface area contributed by atoms with Gasteiger partial charge in [0, 0.05) is 37.2 Å². The molecule has 0 atom stereocenters. The second-order valence-corrected chi connectivity index (χ2v) is 7.94. The molecule has 0 saturated carbocycles. The van der Waals surface area contributed by atoms with E-state index in [0.29, 0.717) is 6.42 Å². The van der Waals surface area contributed by atoms with Crippen molar-refractivity contribution in [3.05, 3.63) is 69.7 Å². The van der Waals surface area contributed by atoms with Gasteiger partial charge in [-0.2, -0.15) is 0 Å². The molecule has 0 radical (unpaired) electrons. The summed E-state index contributed by atoms with van der Waals surface area (Å²) in [5.41, 5.74) is 3.85. The maximum Gasteiger partial charge on any atom is 0.227 e. The van der Waals surface area contributed by atoms with Crippen LogP contribution in [0.2, 0.25) is 0 Å². The molecule has 4 heteroatoms. The first-order valence-corrected chi connectivity index (χ1v) is 10.3. The summed E-state index contributed by atoms with van der Waals surface area (Å²) in [6.07, 6.45) is 2.83. The van der Waals surface area contributed by atoms with Crippen molar-refractivity contribution in [3.63, 3.8) is 0 Å². The molecular weight excluding hydrogens is 388 g/mol. The Morgan fingerprint density at radius 2 is 1.46 bits per heavy atom. The summed E-state index contributed by atoms with van der Waals surface area (Å²) in [5.74, 6) is 0.232. The maximum absolute atomic E-state index is 12.5. The van der Waals surface area contributed by atoms with Gasteiger partial charge in [-0.3, -0.25) is 9.69 Å². The molecule has 1 heterocycles. The largest absolute Gasteiger partial charge is 0.340 e. The molecule has 0 aromatic heterocycles. The van der Waals surface area contributed by atoms with Crippen molar-refractivity contribution >= 4 is 21.8 Å². The fraction of sp³-hybridized carbons (Fsp3) is 0.409. The Bertz CT molecular complexity index is 704. The minimum absolute atomic E-state index is 0.232. The van der Waals surface area contributed by atoms with Gasteiger partial charge >= 0.3 is 0 Å². The van der Waals surface area contributed by atoms with Crippen LogP contribution in [-0.4, -0.2) is 41.9 Å². The lowest BCUT2D eigenvalue weighted by Gasteiger charge is -2.35. The fourth-order valence-corrected chi connectivity index (χ4v) is 3.67. The van der Waals surface area contributed by atoms with Gasteiger partial charge in [-0.1, -0.05) is 65.7 Å². The number of amides is 1. The van der Waals surface area contributed by atoms with Crippen molar-refractivity contribution < 1.29 is 4.79 Å². The number of piperazine rings is 1. The third-order valence-electron chi connectivity index (χ3n) is 4.96. The van der Waals surface area contributed by atoms with Crippen molar-refractivity contribution in [3.8, 4) is 0 Å². The Kier molecular flexibility index (Phi) is 6.86. The lowest BCUT2D eigenvalue weighted by molar-refractivity contribution is -0.132. The van der Waals surface area contributed by atoms with Gasteiger partial charge in [0.1, 0.15) is 0 Å². The second kappa shape index (κ2) is 9.33. The van der Waals surface area contributed by atoms with E-state index in [1.54, 1.807) is 0 Å². The second-order valence-electron chi connectivity index (χ2n) is 7.03. The molecule has 1 amide bonds. The molecule has 0 aliphatic carbocycles. The van der Waals surface area contributed by atoms with Gasteiger partial charge in [0.05, 0.1) is 6.42 Å². The monoisotopic (exact) mass is 414 g/mol. The molecule has 3 rings (SSSR count). The molecule has 1 aliphatic rings. The standard InChI is InChI=1S/C22H27BrN2O/c1-2-3-18-4-6-20(7-5-18)17-24-12-14-25(15-13-24)22(26)16-19-8-10-21(23)11-9-19/h4-11H,2-3,12-17H2,1H3. The molecule has 1 saturated heterocycles. The number of aryl methyl sites for hydroxylation is 1. The van der Waals surface area contributed by atoms with Crippen LogP contribution in [0.1, 0.15) is 30.0 Å². The van der Waals surface area contributed by atoms with Crippen LogP contribution in [0.5, 0.6) is 0 Å². The van der Waals surface area contributed by atoms with Crippen LogP contribution in [0.15, 0.2) is 53.0 Å². The van der Waals surface area contributed by atoms with Crippen LogP contribution in [-0.2, 0) is 24.2 Å². The topological polar surface area (TPSA) is 23.6 Å². The Balaban J connectivity index is 1.46. The maximum atomic E-state index is 12.5. The third kappa shape index (κ3) is 5.42. The zero-order valence-electron chi connectivity index (χ0n) is 15.5. The van der Waals surface area contributed by atoms with Crippen molar-refractivity contribution in [2.75, 3.05) is 26.2 Å². The molecule has 0 N–H and O–H groups in total. The van der Waals surface area contributed by atoms with Crippen LogP contribution in [0, 0.1) is 0 Å². The van der Waals surface area contributed by atoms with E-state index >= 15 is 0 Å². The molecule has 1 aliphatic heterocycles. The zero-order valence-corrected chi connectivity index (χ0v) is 17.0. The van der Waals surface area contributed by atoms with Gasteiger partial charge in [-0.05, 0) is 35.2 Å². The zero-order chi connectivity index (χ0) is 18.4. The molecule has 2 aromatic carbocycles. The number of hydrogen-bond acceptors (Lipinski definition) is 2. The highest BCUT2D eigenvalue weighted by Crippen LogP contribution is 2.14. The Hall–Kier alpha value is -1.65. The summed E-state index contributed by atoms with van der Waals surface area (Å²) in [7, 11) is 0. The predicted molar refractivity (Wildman–Crippen MR) is 110 cm³/mol. The molecule has 1 fully saturated rings. The fourth-order valence-electron chi connectivity index (χ4n) is 3.40. The first kappa shape index (κ1) is 19.1. The van der Waals surface area contributed by atoms with Gasteiger partial charge in [0.15, 0.2) is 0 Å². The lowest BCUT2D eigenvalue weighted by Crippen LogP contribution is -2.48. The summed E-state index contributed by atoms with van der Waals surface area (Å²) in [6.45, 7) is 6.73. The molecule has 138 valence electrons. The van der Waals surface area contributed by atoms with Crippen molar-refractivity contribution in [2.45, 2.75) is 32.7 Å². The first-order valence-electron chi connectivity index (χ1n) is 9.46. The molecule has 0 spiro atoms. The van der Waals surface area contributed by atoms with E-state index < -0.39 is 0 Å². The Morgan fingerprint density at radius 1 is 0.885 bits per heavy atom. The van der Waals surface area contributed by atoms with Gasteiger partial charge in [-0.15, -0.1) is 0 Å². The van der Waals surface area contributed by atoms with E-state index in [-0.39, 0.29) is 5.91 Å². The van der Waals surface area contributed by atoms with Gasteiger partial charge < -0.3 is 4.90 Å². The minimum atomic E-state index is 0.232. The summed E-state index contributed by atoms with van der Waals surface area (Å²) in [4.78, 5) is 17.0. The van der Waals surface area contributed by atoms with E-state index in [1.165, 1.54) is 17.5 Å². The van der Waals surface area contributed by atoms with Gasteiger partial charge in [0.25, 0.3) is 0 Å². The smallest absolute Gasteiger partial charge is 0.227 e. The number of halogens is 1. The first-order chi connectivity index (χ1) is 12.6. The third-order valence-corrected chi connectivity index (χ3v) is 5.49. The molecule has 26 heavy (non-hydrogen) atoms. The molecule has 0 unspecified atom stereocenters. The Morgan fingerprint density at radius 3 is 2.08 bits per heavy atom. The van der Waals surface area contributed by atoms with Gasteiger partial charge in [-0.25, -0.2) is 0 Å². The van der Waals surface area contributed by atoms with E-state index in [9.17, 15) is 4.79 Å². The van der Waals surface area contributed by atoms with Crippen LogP contribution < -0.4 is 0 Å². The lowest BCUT2D eigenvalue weighted by atomic mass is 10.1. The van der Waals surface area contributed by atoms with Crippen molar-refractivity contribution in [1.82, 2.24) is 9.80 Å². The minimum Gasteiger partial charge on any atom is -0.340 e. The summed E-state index contributed by atoms with van der Waals surface area (Å²) in [5, 5.41) is 0. The number of nitrogens with zero attached hydrogens (tertiary/aromatic N) is 2. The van der Waals surface area contributed by atoms with E-state index in [2.05, 4.69) is 52.0 Å². The van der Waals surface area contributed by atoms with Crippen LogP contribution in [0.25, 0.3) is 0 Å². The van der Waals surface area contributed by atoms with E-state index in [0.717, 1.165) is 49.2 Å². The van der Waals surface area contributed by atoms with E-state index in [4.69, 9.17) is 0 Å². The van der Waals surface area contributed by atoms with E-state index in [1.807, 2.05) is 29.2 Å². The SMILES string of the molecule is CCCc1ccc(CN2CCN(C(=O)Cc3ccc(Br)cc3)CC2)cc1. The van der Waals surface area contributed by atoms with Crippen LogP contribution in [0.4, 0.5) is 0 Å². The summed E-state index contributed by atoms with van der Waals surface area (Å²) >= 11 is 3.43. The summed E-state index contributed by atoms with van der Waals surface area (Å²) in [6, 6.07) is 17.0. The molecule has 0 bridgehead atoms. The highest BCUT2D eigenvalue weighted by Gasteiger charge is 2.21. The summed E-state index contributed by atoms with van der Waals surface area (Å²) < 4.78 is 1.05. The average Bonchev–Trinajstić information content (AvgIpc) is 2.66. The quantitative estimate of drug-likeness (QED) is 0.703. The number of benzene rings is 2. The molecular formula is C22H27BrN2O. The number of carbonyl (C=O) groups is 1.